The lowest BCUT2D eigenvalue weighted by atomic mass is 10.4. The summed E-state index contributed by atoms with van der Waals surface area (Å²) < 4.78 is 0. The molecule has 0 aliphatic heterocycles. The number of carboxylic acid groups (broad SMARTS) is 1. The van der Waals surface area contributed by atoms with E-state index in [-0.39, 0.29) is 32.0 Å². The molecule has 0 rings (SSSR count). The van der Waals surface area contributed by atoms with E-state index in [1.54, 1.807) is 0 Å². The number of hydrogen-bond donors (Lipinski definition) is 3. The zero-order chi connectivity index (χ0) is 10.1. The van der Waals surface area contributed by atoms with Crippen LogP contribution in [0.25, 0.3) is 0 Å². The number of carbonyl (C=O) groups excluding carboxylic acids is 1. The van der Waals surface area contributed by atoms with Crippen molar-refractivity contribution in [2.75, 3.05) is 19.6 Å². The molecule has 0 aromatic heterocycles. The molecule has 0 spiro atoms. The van der Waals surface area contributed by atoms with E-state index < -0.39 is 5.97 Å². The van der Waals surface area contributed by atoms with Crippen LogP contribution in [0.5, 0.6) is 0 Å². The van der Waals surface area contributed by atoms with Gasteiger partial charge in [-0.1, -0.05) is 5.92 Å². The standard InChI is InChI=1S/C8H12N2O3/c1-2-4-10-7(11)6-9-5-3-8(12)13/h1,9H,3-6H2,(H,10,11)(H,12,13). The van der Waals surface area contributed by atoms with Crippen molar-refractivity contribution in [3.05, 3.63) is 0 Å². The minimum Gasteiger partial charge on any atom is -0.481 e. The van der Waals surface area contributed by atoms with Gasteiger partial charge in [0.25, 0.3) is 0 Å². The fourth-order valence-electron chi connectivity index (χ4n) is 0.609. The predicted octanol–water partition coefficient (Wildman–Crippen LogP) is -1.20. The number of carbonyl (C=O) groups is 2. The largest absolute Gasteiger partial charge is 0.481 e. The number of nitrogens with one attached hydrogen (secondary N) is 2. The highest BCUT2D eigenvalue weighted by atomic mass is 16.4. The van der Waals surface area contributed by atoms with Gasteiger partial charge in [0.15, 0.2) is 0 Å². The lowest BCUT2D eigenvalue weighted by Gasteiger charge is -2.02. The summed E-state index contributed by atoms with van der Waals surface area (Å²) in [5, 5.41) is 13.4. The van der Waals surface area contributed by atoms with Crippen LogP contribution < -0.4 is 10.6 Å². The summed E-state index contributed by atoms with van der Waals surface area (Å²) in [6.07, 6.45) is 4.91. The molecule has 72 valence electrons. The molecule has 0 bridgehead atoms. The van der Waals surface area contributed by atoms with Crippen LogP contribution in [0.1, 0.15) is 6.42 Å². The first-order valence-electron chi connectivity index (χ1n) is 3.79. The molecule has 0 saturated carbocycles. The highest BCUT2D eigenvalue weighted by Crippen LogP contribution is 1.74. The molecular formula is C8H12N2O3. The van der Waals surface area contributed by atoms with Crippen LogP contribution in [0.4, 0.5) is 0 Å². The van der Waals surface area contributed by atoms with Gasteiger partial charge < -0.3 is 15.7 Å². The molecule has 0 saturated heterocycles. The van der Waals surface area contributed by atoms with Crippen LogP contribution in [0.15, 0.2) is 0 Å². The number of terminal acetylenes is 1. The molecule has 1 amide bonds. The molecule has 0 aromatic carbocycles. The molecule has 0 atom stereocenters. The van der Waals surface area contributed by atoms with E-state index in [4.69, 9.17) is 11.5 Å². The molecule has 13 heavy (non-hydrogen) atoms. The Morgan fingerprint density at radius 1 is 1.46 bits per heavy atom. The Hall–Kier alpha value is -1.54. The maximum atomic E-state index is 10.8. The number of aliphatic carboxylic acids is 1. The van der Waals surface area contributed by atoms with Crippen molar-refractivity contribution >= 4 is 11.9 Å². The summed E-state index contributed by atoms with van der Waals surface area (Å²) in [6, 6.07) is 0. The summed E-state index contributed by atoms with van der Waals surface area (Å²) in [4.78, 5) is 20.9. The Balaban J connectivity index is 3.28. The third-order valence-electron chi connectivity index (χ3n) is 1.19. The van der Waals surface area contributed by atoms with E-state index in [2.05, 4.69) is 16.6 Å². The summed E-state index contributed by atoms with van der Waals surface area (Å²) in [5.41, 5.74) is 0. The Bertz CT molecular complexity index is 220. The third kappa shape index (κ3) is 8.37. The maximum absolute atomic E-state index is 10.8. The Labute approximate surface area is 76.5 Å². The van der Waals surface area contributed by atoms with Gasteiger partial charge >= 0.3 is 5.97 Å². The van der Waals surface area contributed by atoms with E-state index in [1.807, 2.05) is 0 Å². The van der Waals surface area contributed by atoms with Gasteiger partial charge in [-0.15, -0.1) is 6.42 Å². The van der Waals surface area contributed by atoms with Crippen LogP contribution in [0, 0.1) is 12.3 Å². The zero-order valence-corrected chi connectivity index (χ0v) is 7.17. The second kappa shape index (κ2) is 7.13. The summed E-state index contributed by atoms with van der Waals surface area (Å²) >= 11 is 0. The van der Waals surface area contributed by atoms with Gasteiger partial charge in [0.05, 0.1) is 19.5 Å². The highest BCUT2D eigenvalue weighted by Gasteiger charge is 1.99. The van der Waals surface area contributed by atoms with Crippen molar-refractivity contribution < 1.29 is 14.7 Å². The zero-order valence-electron chi connectivity index (χ0n) is 7.17. The number of rotatable bonds is 6. The van der Waals surface area contributed by atoms with Gasteiger partial charge in [0, 0.05) is 6.54 Å². The second-order valence-electron chi connectivity index (χ2n) is 2.30. The maximum Gasteiger partial charge on any atom is 0.304 e. The minimum absolute atomic E-state index is 0.00240. The normalized spacial score (nSPS) is 8.85. The molecule has 5 nitrogen and oxygen atoms in total. The smallest absolute Gasteiger partial charge is 0.304 e. The average Bonchev–Trinajstić information content (AvgIpc) is 2.08. The molecule has 0 aliphatic carbocycles. The number of carboxylic acids is 1. The van der Waals surface area contributed by atoms with E-state index in [0.717, 1.165) is 0 Å². The third-order valence-corrected chi connectivity index (χ3v) is 1.19. The van der Waals surface area contributed by atoms with Crippen LogP contribution >= 0.6 is 0 Å². The van der Waals surface area contributed by atoms with Gasteiger partial charge in [0.2, 0.25) is 5.91 Å². The van der Waals surface area contributed by atoms with Crippen molar-refractivity contribution in [1.29, 1.82) is 0 Å². The van der Waals surface area contributed by atoms with E-state index in [1.165, 1.54) is 0 Å². The molecular weight excluding hydrogens is 172 g/mol. The number of amides is 1. The van der Waals surface area contributed by atoms with Crippen LogP contribution in [-0.4, -0.2) is 36.6 Å². The SMILES string of the molecule is C#CCNC(=O)CNCCC(=O)O. The van der Waals surface area contributed by atoms with Crippen LogP contribution in [-0.2, 0) is 9.59 Å². The molecule has 0 aromatic rings. The van der Waals surface area contributed by atoms with Crippen molar-refractivity contribution in [2.45, 2.75) is 6.42 Å². The first-order valence-corrected chi connectivity index (χ1v) is 3.79. The van der Waals surface area contributed by atoms with Crippen molar-refractivity contribution in [3.63, 3.8) is 0 Å². The lowest BCUT2D eigenvalue weighted by Crippen LogP contribution is -2.34. The molecule has 0 aliphatic rings. The van der Waals surface area contributed by atoms with E-state index >= 15 is 0 Å². The molecule has 5 heteroatoms. The van der Waals surface area contributed by atoms with Gasteiger partial charge in [-0.2, -0.15) is 0 Å². The fraction of sp³-hybridized carbons (Fsp3) is 0.500. The molecule has 0 fully saturated rings. The van der Waals surface area contributed by atoms with Crippen molar-refractivity contribution in [3.8, 4) is 12.3 Å². The fourth-order valence-corrected chi connectivity index (χ4v) is 0.609. The predicted molar refractivity (Wildman–Crippen MR) is 47.0 cm³/mol. The molecule has 3 N–H and O–H groups in total. The second-order valence-corrected chi connectivity index (χ2v) is 2.30. The number of hydrogen-bond acceptors (Lipinski definition) is 3. The van der Waals surface area contributed by atoms with Gasteiger partial charge in [-0.05, 0) is 0 Å². The molecule has 0 heterocycles. The Kier molecular flexibility index (Phi) is 6.28. The van der Waals surface area contributed by atoms with Gasteiger partial charge in [-0.25, -0.2) is 0 Å². The summed E-state index contributed by atoms with van der Waals surface area (Å²) in [7, 11) is 0. The highest BCUT2D eigenvalue weighted by molar-refractivity contribution is 5.78. The lowest BCUT2D eigenvalue weighted by molar-refractivity contribution is -0.137. The van der Waals surface area contributed by atoms with E-state index in [0.29, 0.717) is 0 Å². The first kappa shape index (κ1) is 11.5. The Morgan fingerprint density at radius 2 is 2.15 bits per heavy atom. The first-order chi connectivity index (χ1) is 6.16. The summed E-state index contributed by atoms with van der Waals surface area (Å²) in [5.74, 6) is 1.13. The van der Waals surface area contributed by atoms with Gasteiger partial charge in [0.1, 0.15) is 0 Å². The Morgan fingerprint density at radius 3 is 2.69 bits per heavy atom. The monoisotopic (exact) mass is 184 g/mol. The average molecular weight is 184 g/mol. The molecule has 0 radical (unpaired) electrons. The minimum atomic E-state index is -0.892. The quantitative estimate of drug-likeness (QED) is 0.358. The summed E-state index contributed by atoms with van der Waals surface area (Å²) in [6.45, 7) is 0.563. The molecule has 0 unspecified atom stereocenters. The van der Waals surface area contributed by atoms with Crippen molar-refractivity contribution in [2.24, 2.45) is 0 Å². The van der Waals surface area contributed by atoms with E-state index in [9.17, 15) is 9.59 Å². The van der Waals surface area contributed by atoms with Crippen LogP contribution in [0.2, 0.25) is 0 Å². The van der Waals surface area contributed by atoms with Crippen molar-refractivity contribution in [1.82, 2.24) is 10.6 Å². The van der Waals surface area contributed by atoms with Gasteiger partial charge in [-0.3, -0.25) is 9.59 Å². The topological polar surface area (TPSA) is 78.4 Å². The van der Waals surface area contributed by atoms with Crippen LogP contribution in [0.3, 0.4) is 0 Å².